The number of nitrogens with zero attached hydrogens (tertiary/aromatic N) is 2. The van der Waals surface area contributed by atoms with E-state index in [9.17, 15) is 0 Å². The first kappa shape index (κ1) is 13.5. The Kier molecular flexibility index (Phi) is 4.76. The van der Waals surface area contributed by atoms with Crippen molar-refractivity contribution in [3.63, 3.8) is 0 Å². The van der Waals surface area contributed by atoms with Gasteiger partial charge in [-0.25, -0.2) is 0 Å². The third-order valence-electron chi connectivity index (χ3n) is 3.97. The lowest BCUT2D eigenvalue weighted by Crippen LogP contribution is -2.50. The third-order valence-corrected chi connectivity index (χ3v) is 3.97. The summed E-state index contributed by atoms with van der Waals surface area (Å²) >= 11 is 0. The summed E-state index contributed by atoms with van der Waals surface area (Å²) in [4.78, 5) is 2.35. The van der Waals surface area contributed by atoms with Crippen LogP contribution in [-0.2, 0) is 0 Å². The Morgan fingerprint density at radius 2 is 1.94 bits per heavy atom. The second kappa shape index (κ2) is 5.65. The number of hydrogen-bond donors (Lipinski definition) is 1. The molecule has 92 valence electrons. The summed E-state index contributed by atoms with van der Waals surface area (Å²) in [7, 11) is 4.01. The van der Waals surface area contributed by atoms with E-state index in [1.807, 2.05) is 14.0 Å². The van der Waals surface area contributed by atoms with Crippen molar-refractivity contribution in [2.45, 2.75) is 51.1 Å². The average molecular weight is 223 g/mol. The van der Waals surface area contributed by atoms with Crippen molar-refractivity contribution in [3.8, 4) is 6.07 Å². The van der Waals surface area contributed by atoms with Crippen LogP contribution >= 0.6 is 0 Å². The molecule has 0 spiro atoms. The van der Waals surface area contributed by atoms with Gasteiger partial charge in [0, 0.05) is 12.6 Å². The van der Waals surface area contributed by atoms with Crippen molar-refractivity contribution in [3.05, 3.63) is 0 Å². The Morgan fingerprint density at radius 1 is 1.38 bits per heavy atom. The molecule has 1 rings (SSSR count). The third kappa shape index (κ3) is 3.47. The molecule has 0 aliphatic heterocycles. The Labute approximate surface area is 99.8 Å². The molecule has 0 bridgehead atoms. The minimum atomic E-state index is -0.419. The Balaban J connectivity index is 2.46. The van der Waals surface area contributed by atoms with Crippen LogP contribution in [0.15, 0.2) is 0 Å². The van der Waals surface area contributed by atoms with Gasteiger partial charge >= 0.3 is 0 Å². The first-order valence-electron chi connectivity index (χ1n) is 6.31. The highest BCUT2D eigenvalue weighted by Crippen LogP contribution is 2.27. The van der Waals surface area contributed by atoms with E-state index in [-0.39, 0.29) is 0 Å². The Bertz CT molecular complexity index is 250. The second-order valence-electron chi connectivity index (χ2n) is 5.52. The van der Waals surface area contributed by atoms with Crippen LogP contribution in [0, 0.1) is 17.2 Å². The highest BCUT2D eigenvalue weighted by molar-refractivity contribution is 5.05. The predicted octanol–water partition coefficient (Wildman–Crippen LogP) is 2.00. The van der Waals surface area contributed by atoms with Crippen LogP contribution in [0.5, 0.6) is 0 Å². The lowest BCUT2D eigenvalue weighted by molar-refractivity contribution is 0.147. The van der Waals surface area contributed by atoms with Gasteiger partial charge in [0.1, 0.15) is 5.54 Å². The standard InChI is InChI=1S/C13H25N3/c1-11-5-7-12(8-6-11)16(4)10-13(2,9-14)15-3/h11-12,15H,5-8,10H2,1-4H3. The van der Waals surface area contributed by atoms with Crippen LogP contribution < -0.4 is 5.32 Å². The molecule has 3 heteroatoms. The van der Waals surface area contributed by atoms with Gasteiger partial charge < -0.3 is 10.2 Å². The van der Waals surface area contributed by atoms with E-state index in [1.165, 1.54) is 25.7 Å². The number of rotatable bonds is 4. The monoisotopic (exact) mass is 223 g/mol. The molecule has 0 amide bonds. The van der Waals surface area contributed by atoms with Crippen molar-refractivity contribution >= 4 is 0 Å². The van der Waals surface area contributed by atoms with Crippen LogP contribution in [0.4, 0.5) is 0 Å². The highest BCUT2D eigenvalue weighted by atomic mass is 15.2. The fourth-order valence-corrected chi connectivity index (χ4v) is 2.48. The summed E-state index contributed by atoms with van der Waals surface area (Å²) in [5.41, 5.74) is -0.419. The van der Waals surface area contributed by atoms with Crippen LogP contribution in [-0.4, -0.2) is 37.1 Å². The summed E-state index contributed by atoms with van der Waals surface area (Å²) in [6.07, 6.45) is 5.22. The Hall–Kier alpha value is -0.590. The topological polar surface area (TPSA) is 39.1 Å². The lowest BCUT2D eigenvalue weighted by atomic mass is 9.86. The zero-order valence-electron chi connectivity index (χ0n) is 11.1. The average Bonchev–Trinajstić information content (AvgIpc) is 2.29. The molecule has 0 radical (unpaired) electrons. The van der Waals surface area contributed by atoms with Crippen molar-refractivity contribution in [2.75, 3.05) is 20.6 Å². The highest BCUT2D eigenvalue weighted by Gasteiger charge is 2.28. The summed E-state index contributed by atoms with van der Waals surface area (Å²) in [5, 5.41) is 12.2. The van der Waals surface area contributed by atoms with Gasteiger partial charge in [0.15, 0.2) is 0 Å². The predicted molar refractivity (Wildman–Crippen MR) is 67.1 cm³/mol. The molecular formula is C13H25N3. The molecule has 1 aliphatic rings. The summed E-state index contributed by atoms with van der Waals surface area (Å²) < 4.78 is 0. The maximum Gasteiger partial charge on any atom is 0.116 e. The van der Waals surface area contributed by atoms with E-state index in [4.69, 9.17) is 5.26 Å². The summed E-state index contributed by atoms with van der Waals surface area (Å²) in [6, 6.07) is 3.02. The zero-order chi connectivity index (χ0) is 12.2. The molecule has 0 aromatic carbocycles. The van der Waals surface area contributed by atoms with Crippen LogP contribution in [0.3, 0.4) is 0 Å². The van der Waals surface area contributed by atoms with Gasteiger partial charge in [-0.2, -0.15) is 5.26 Å². The number of hydrogen-bond acceptors (Lipinski definition) is 3. The zero-order valence-corrected chi connectivity index (χ0v) is 11.1. The quantitative estimate of drug-likeness (QED) is 0.792. The van der Waals surface area contributed by atoms with Crippen LogP contribution in [0.25, 0.3) is 0 Å². The fraction of sp³-hybridized carbons (Fsp3) is 0.923. The molecule has 1 N–H and O–H groups in total. The van der Waals surface area contributed by atoms with Gasteiger partial charge in [-0.05, 0) is 52.6 Å². The maximum atomic E-state index is 9.14. The summed E-state index contributed by atoms with van der Waals surface area (Å²) in [6.45, 7) is 5.11. The minimum absolute atomic E-state index is 0.419. The van der Waals surface area contributed by atoms with E-state index in [1.54, 1.807) is 0 Å². The largest absolute Gasteiger partial charge is 0.302 e. The van der Waals surface area contributed by atoms with E-state index in [0.717, 1.165) is 12.5 Å². The number of nitriles is 1. The van der Waals surface area contributed by atoms with Gasteiger partial charge in [-0.1, -0.05) is 6.92 Å². The summed E-state index contributed by atoms with van der Waals surface area (Å²) in [5.74, 6) is 0.885. The van der Waals surface area contributed by atoms with Gasteiger partial charge in [0.2, 0.25) is 0 Å². The SMILES string of the molecule is CNC(C)(C#N)CN(C)C1CCC(C)CC1. The number of nitrogens with one attached hydrogen (secondary N) is 1. The minimum Gasteiger partial charge on any atom is -0.302 e. The molecule has 1 atom stereocenters. The van der Waals surface area contributed by atoms with Crippen molar-refractivity contribution in [1.29, 1.82) is 5.26 Å². The van der Waals surface area contributed by atoms with Gasteiger partial charge in [-0.3, -0.25) is 0 Å². The molecule has 1 aliphatic carbocycles. The number of likely N-dealkylation sites (N-methyl/N-ethyl adjacent to an activating group) is 2. The second-order valence-corrected chi connectivity index (χ2v) is 5.52. The first-order chi connectivity index (χ1) is 7.50. The molecule has 1 fully saturated rings. The van der Waals surface area contributed by atoms with E-state index in [2.05, 4.69) is 30.3 Å². The van der Waals surface area contributed by atoms with E-state index in [0.29, 0.717) is 6.04 Å². The van der Waals surface area contributed by atoms with Crippen LogP contribution in [0.2, 0.25) is 0 Å². The molecule has 1 unspecified atom stereocenters. The molecular weight excluding hydrogens is 198 g/mol. The molecule has 3 nitrogen and oxygen atoms in total. The van der Waals surface area contributed by atoms with Gasteiger partial charge in [0.25, 0.3) is 0 Å². The fourth-order valence-electron chi connectivity index (χ4n) is 2.48. The lowest BCUT2D eigenvalue weighted by Gasteiger charge is -2.37. The molecule has 16 heavy (non-hydrogen) atoms. The molecule has 0 saturated heterocycles. The van der Waals surface area contributed by atoms with Crippen molar-refractivity contribution in [1.82, 2.24) is 10.2 Å². The molecule has 0 aromatic rings. The van der Waals surface area contributed by atoms with E-state index < -0.39 is 5.54 Å². The molecule has 0 aromatic heterocycles. The first-order valence-corrected chi connectivity index (χ1v) is 6.31. The Morgan fingerprint density at radius 3 is 2.38 bits per heavy atom. The van der Waals surface area contributed by atoms with E-state index >= 15 is 0 Å². The molecule has 1 saturated carbocycles. The van der Waals surface area contributed by atoms with Crippen LogP contribution in [0.1, 0.15) is 39.5 Å². The normalized spacial score (nSPS) is 29.8. The maximum absolute atomic E-state index is 9.14. The van der Waals surface area contributed by atoms with Gasteiger partial charge in [-0.15, -0.1) is 0 Å². The molecule has 0 heterocycles. The van der Waals surface area contributed by atoms with Gasteiger partial charge in [0.05, 0.1) is 6.07 Å². The van der Waals surface area contributed by atoms with Crippen molar-refractivity contribution in [2.24, 2.45) is 5.92 Å². The smallest absolute Gasteiger partial charge is 0.116 e. The van der Waals surface area contributed by atoms with Crippen molar-refractivity contribution < 1.29 is 0 Å².